The largest absolute Gasteiger partial charge is 0.353 e. The summed E-state index contributed by atoms with van der Waals surface area (Å²) in [6, 6.07) is 3.66. The lowest BCUT2D eigenvalue weighted by Gasteiger charge is -2.33. The number of piperidine rings is 1. The first-order chi connectivity index (χ1) is 14.9. The number of carbonyl (C=O) groups excluding carboxylic acids is 2. The number of hydrogen-bond donors (Lipinski definition) is 1. The summed E-state index contributed by atoms with van der Waals surface area (Å²) in [6.45, 7) is 2.28. The summed E-state index contributed by atoms with van der Waals surface area (Å²) in [5.74, 6) is -0.0873. The van der Waals surface area contributed by atoms with Gasteiger partial charge in [0.1, 0.15) is 4.21 Å². The van der Waals surface area contributed by atoms with Crippen molar-refractivity contribution in [2.24, 2.45) is 5.92 Å². The molecule has 0 spiro atoms. The minimum Gasteiger partial charge on any atom is -0.353 e. The quantitative estimate of drug-likeness (QED) is 0.697. The van der Waals surface area contributed by atoms with Crippen LogP contribution in [0.15, 0.2) is 16.3 Å². The van der Waals surface area contributed by atoms with Crippen LogP contribution >= 0.6 is 11.3 Å². The third-order valence-corrected chi connectivity index (χ3v) is 10.2. The van der Waals surface area contributed by atoms with Gasteiger partial charge in [0.25, 0.3) is 10.0 Å². The van der Waals surface area contributed by atoms with E-state index in [0.29, 0.717) is 30.4 Å². The molecule has 0 radical (unpaired) electrons. The molecule has 1 saturated carbocycles. The SMILES string of the molecule is O=C(NC1CCCCC1)[C@H]1CCCN(C(=O)Cc2ccc(S(=O)(=O)N3CCCC3)s2)C1. The Bertz CT molecular complexity index is 886. The molecule has 1 atom stereocenters. The molecule has 1 aromatic heterocycles. The van der Waals surface area contributed by atoms with Gasteiger partial charge in [-0.1, -0.05) is 19.3 Å². The summed E-state index contributed by atoms with van der Waals surface area (Å²) in [4.78, 5) is 28.1. The Hall–Kier alpha value is -1.45. The molecular weight excluding hydrogens is 434 g/mol. The third kappa shape index (κ3) is 5.49. The number of nitrogens with one attached hydrogen (secondary N) is 1. The Balaban J connectivity index is 1.32. The highest BCUT2D eigenvalue weighted by atomic mass is 32.2. The first kappa shape index (κ1) is 22.7. The Morgan fingerprint density at radius 3 is 2.45 bits per heavy atom. The average molecular weight is 468 g/mol. The summed E-state index contributed by atoms with van der Waals surface area (Å²) < 4.78 is 27.3. The van der Waals surface area contributed by atoms with E-state index < -0.39 is 10.0 Å². The maximum atomic E-state index is 12.9. The van der Waals surface area contributed by atoms with Gasteiger partial charge in [-0.2, -0.15) is 4.31 Å². The van der Waals surface area contributed by atoms with Crippen molar-refractivity contribution in [3.05, 3.63) is 17.0 Å². The van der Waals surface area contributed by atoms with Crippen LogP contribution in [0.25, 0.3) is 0 Å². The molecule has 2 saturated heterocycles. The van der Waals surface area contributed by atoms with E-state index in [1.807, 2.05) is 0 Å². The van der Waals surface area contributed by atoms with Crippen molar-refractivity contribution in [1.29, 1.82) is 0 Å². The topological polar surface area (TPSA) is 86.8 Å². The van der Waals surface area contributed by atoms with Crippen molar-refractivity contribution < 1.29 is 18.0 Å². The Labute approximate surface area is 189 Å². The number of likely N-dealkylation sites (tertiary alicyclic amines) is 1. The van der Waals surface area contributed by atoms with E-state index in [-0.39, 0.29) is 30.2 Å². The first-order valence-corrected chi connectivity index (χ1v) is 13.9. The van der Waals surface area contributed by atoms with Crippen LogP contribution in [0.5, 0.6) is 0 Å². The second kappa shape index (κ2) is 10.0. The molecule has 1 aromatic rings. The number of sulfonamides is 1. The number of carbonyl (C=O) groups is 2. The minimum absolute atomic E-state index is 0.0258. The van der Waals surface area contributed by atoms with E-state index in [4.69, 9.17) is 0 Å². The lowest BCUT2D eigenvalue weighted by molar-refractivity contribution is -0.135. The normalized spacial score (nSPS) is 23.7. The Morgan fingerprint density at radius 1 is 0.968 bits per heavy atom. The van der Waals surface area contributed by atoms with E-state index in [1.54, 1.807) is 17.0 Å². The molecular formula is C22H33N3O4S2. The lowest BCUT2D eigenvalue weighted by Crippen LogP contribution is -2.48. The zero-order valence-electron chi connectivity index (χ0n) is 18.1. The van der Waals surface area contributed by atoms with Gasteiger partial charge in [-0.25, -0.2) is 8.42 Å². The molecule has 0 aromatic carbocycles. The zero-order chi connectivity index (χ0) is 21.8. The molecule has 31 heavy (non-hydrogen) atoms. The van der Waals surface area contributed by atoms with Crippen molar-refractivity contribution in [1.82, 2.24) is 14.5 Å². The smallest absolute Gasteiger partial charge is 0.252 e. The zero-order valence-corrected chi connectivity index (χ0v) is 19.7. The fourth-order valence-corrected chi connectivity index (χ4v) is 7.91. The van der Waals surface area contributed by atoms with Crippen molar-refractivity contribution in [2.75, 3.05) is 26.2 Å². The Morgan fingerprint density at radius 2 is 1.71 bits per heavy atom. The van der Waals surface area contributed by atoms with Crippen LogP contribution in [0.2, 0.25) is 0 Å². The predicted octanol–water partition coefficient (Wildman–Crippen LogP) is 2.76. The van der Waals surface area contributed by atoms with E-state index in [2.05, 4.69) is 5.32 Å². The fourth-order valence-electron chi connectivity index (χ4n) is 4.89. The number of rotatable bonds is 6. The molecule has 7 nitrogen and oxygen atoms in total. The predicted molar refractivity (Wildman–Crippen MR) is 120 cm³/mol. The maximum absolute atomic E-state index is 12.9. The number of nitrogens with zero attached hydrogens (tertiary/aromatic N) is 2. The molecule has 3 aliphatic rings. The third-order valence-electron chi connectivity index (χ3n) is 6.72. The van der Waals surface area contributed by atoms with Crippen molar-refractivity contribution >= 4 is 33.2 Å². The minimum atomic E-state index is -3.44. The van der Waals surface area contributed by atoms with Crippen molar-refractivity contribution in [3.63, 3.8) is 0 Å². The molecule has 172 valence electrons. The fraction of sp³-hybridized carbons (Fsp3) is 0.727. The summed E-state index contributed by atoms with van der Waals surface area (Å²) in [5, 5.41) is 3.20. The molecule has 2 aliphatic heterocycles. The van der Waals surface area contributed by atoms with Gasteiger partial charge in [0, 0.05) is 37.1 Å². The molecule has 0 unspecified atom stereocenters. The molecule has 9 heteroatoms. The molecule has 4 rings (SSSR count). The molecule has 0 bridgehead atoms. The van der Waals surface area contributed by atoms with Crippen LogP contribution in [0.1, 0.15) is 62.7 Å². The summed E-state index contributed by atoms with van der Waals surface area (Å²) in [6.07, 6.45) is 9.37. The van der Waals surface area contributed by atoms with Gasteiger partial charge in [0.05, 0.1) is 12.3 Å². The highest BCUT2D eigenvalue weighted by Crippen LogP contribution is 2.28. The number of hydrogen-bond acceptors (Lipinski definition) is 5. The van der Waals surface area contributed by atoms with Gasteiger partial charge in [-0.15, -0.1) is 11.3 Å². The van der Waals surface area contributed by atoms with Gasteiger partial charge < -0.3 is 10.2 Å². The standard InChI is InChI=1S/C22H33N3O4S2/c26-20(15-19-10-11-21(30-19)31(28,29)25-13-4-5-14-25)24-12-6-7-17(16-24)22(27)23-18-8-2-1-3-9-18/h10-11,17-18H,1-9,12-16H2,(H,23,27)/t17-/m0/s1. The van der Waals surface area contributed by atoms with Gasteiger partial charge in [0.15, 0.2) is 0 Å². The van der Waals surface area contributed by atoms with Gasteiger partial charge in [0.2, 0.25) is 11.8 Å². The van der Waals surface area contributed by atoms with Gasteiger partial charge in [-0.3, -0.25) is 9.59 Å². The van der Waals surface area contributed by atoms with E-state index in [9.17, 15) is 18.0 Å². The van der Waals surface area contributed by atoms with Crippen LogP contribution in [0, 0.1) is 5.92 Å². The summed E-state index contributed by atoms with van der Waals surface area (Å²) >= 11 is 1.19. The molecule has 1 N–H and O–H groups in total. The first-order valence-electron chi connectivity index (χ1n) is 11.6. The highest BCUT2D eigenvalue weighted by Gasteiger charge is 2.31. The van der Waals surface area contributed by atoms with Crippen LogP contribution < -0.4 is 5.32 Å². The highest BCUT2D eigenvalue weighted by molar-refractivity contribution is 7.91. The van der Waals surface area contributed by atoms with Gasteiger partial charge >= 0.3 is 0 Å². The monoisotopic (exact) mass is 467 g/mol. The van der Waals surface area contributed by atoms with Crippen LogP contribution in [0.4, 0.5) is 0 Å². The Kier molecular flexibility index (Phi) is 7.33. The second-order valence-corrected chi connectivity index (χ2v) is 12.4. The average Bonchev–Trinajstić information content (AvgIpc) is 3.48. The maximum Gasteiger partial charge on any atom is 0.252 e. The molecule has 1 aliphatic carbocycles. The van der Waals surface area contributed by atoms with Crippen molar-refractivity contribution in [3.8, 4) is 0 Å². The molecule has 3 fully saturated rings. The van der Waals surface area contributed by atoms with E-state index in [0.717, 1.165) is 43.4 Å². The van der Waals surface area contributed by atoms with Gasteiger partial charge in [-0.05, 0) is 50.7 Å². The van der Waals surface area contributed by atoms with Crippen LogP contribution in [0.3, 0.4) is 0 Å². The molecule has 3 heterocycles. The van der Waals surface area contributed by atoms with Crippen LogP contribution in [-0.4, -0.2) is 61.7 Å². The summed E-state index contributed by atoms with van der Waals surface area (Å²) in [5.41, 5.74) is 0. The second-order valence-electron chi connectivity index (χ2n) is 9.03. The van der Waals surface area contributed by atoms with E-state index >= 15 is 0 Å². The number of thiophene rings is 1. The summed E-state index contributed by atoms with van der Waals surface area (Å²) in [7, 11) is -3.44. The van der Waals surface area contributed by atoms with Crippen LogP contribution in [-0.2, 0) is 26.0 Å². The van der Waals surface area contributed by atoms with E-state index in [1.165, 1.54) is 34.9 Å². The molecule has 2 amide bonds. The lowest BCUT2D eigenvalue weighted by atomic mass is 9.93. The van der Waals surface area contributed by atoms with Crippen molar-refractivity contribution in [2.45, 2.75) is 74.5 Å². The number of amides is 2.